The van der Waals surface area contributed by atoms with E-state index in [4.69, 9.17) is 9.47 Å². The Labute approximate surface area is 183 Å². The first-order chi connectivity index (χ1) is 14.2. The van der Waals surface area contributed by atoms with E-state index in [1.807, 2.05) is 6.07 Å². The van der Waals surface area contributed by atoms with Crippen LogP contribution in [-0.4, -0.2) is 65.2 Å². The van der Waals surface area contributed by atoms with Gasteiger partial charge in [-0.25, -0.2) is 14.6 Å². The second-order valence-electron chi connectivity index (χ2n) is 8.72. The average molecular weight is 436 g/mol. The quantitative estimate of drug-likeness (QED) is 0.657. The highest BCUT2D eigenvalue weighted by molar-refractivity contribution is 5.92. The van der Waals surface area contributed by atoms with Crippen LogP contribution in [0.2, 0.25) is 0 Å². The Balaban J connectivity index is 3.24. The molecule has 0 heterocycles. The molecule has 1 aromatic rings. The minimum absolute atomic E-state index is 0.125. The van der Waals surface area contributed by atoms with Gasteiger partial charge in [-0.1, -0.05) is 30.3 Å². The van der Waals surface area contributed by atoms with Crippen molar-refractivity contribution in [1.82, 2.24) is 14.9 Å². The summed E-state index contributed by atoms with van der Waals surface area (Å²) in [4.78, 5) is 51.6. The fourth-order valence-corrected chi connectivity index (χ4v) is 2.57. The van der Waals surface area contributed by atoms with Crippen LogP contribution in [0.1, 0.15) is 53.5 Å². The van der Waals surface area contributed by atoms with Crippen molar-refractivity contribution in [3.63, 3.8) is 0 Å². The minimum Gasteiger partial charge on any atom is -0.442 e. The van der Waals surface area contributed by atoms with E-state index < -0.39 is 29.3 Å². The van der Waals surface area contributed by atoms with Gasteiger partial charge in [0.25, 0.3) is 0 Å². The summed E-state index contributed by atoms with van der Waals surface area (Å²) in [7, 11) is 3.14. The third-order valence-electron chi connectivity index (χ3n) is 4.16. The third-order valence-corrected chi connectivity index (χ3v) is 4.16. The van der Waals surface area contributed by atoms with Gasteiger partial charge in [0, 0.05) is 27.4 Å². The second-order valence-corrected chi connectivity index (χ2v) is 8.72. The number of hydrazine groups is 1. The zero-order valence-corrected chi connectivity index (χ0v) is 19.6. The van der Waals surface area contributed by atoms with Gasteiger partial charge in [-0.3, -0.25) is 9.59 Å². The highest BCUT2D eigenvalue weighted by Crippen LogP contribution is 2.26. The Morgan fingerprint density at radius 3 is 1.87 bits per heavy atom. The monoisotopic (exact) mass is 435 g/mol. The Kier molecular flexibility index (Phi) is 8.60. The van der Waals surface area contributed by atoms with Crippen LogP contribution < -0.4 is 0 Å². The lowest BCUT2D eigenvalue weighted by molar-refractivity contribution is -0.145. The Hall–Kier alpha value is -3.10. The molecule has 31 heavy (non-hydrogen) atoms. The van der Waals surface area contributed by atoms with Gasteiger partial charge in [-0.2, -0.15) is 0 Å². The van der Waals surface area contributed by atoms with Crippen molar-refractivity contribution < 1.29 is 28.7 Å². The lowest BCUT2D eigenvalue weighted by Crippen LogP contribution is -2.55. The van der Waals surface area contributed by atoms with E-state index in [1.165, 1.54) is 4.90 Å². The summed E-state index contributed by atoms with van der Waals surface area (Å²) in [6, 6.07) is 9.04. The van der Waals surface area contributed by atoms with Crippen LogP contribution in [0.3, 0.4) is 0 Å². The Morgan fingerprint density at radius 2 is 1.42 bits per heavy atom. The number of carbonyl (C=O) groups is 4. The molecule has 0 radical (unpaired) electrons. The highest BCUT2D eigenvalue weighted by Gasteiger charge is 2.37. The SMILES string of the molecule is CC(=O)N(C(=O)OC(C)(C)C)N(CCC(=O)N(C)C)C(=O)OC(C)(C)c1ccccc1. The lowest BCUT2D eigenvalue weighted by Gasteiger charge is -2.35. The fraction of sp³-hybridized carbons (Fsp3) is 0.545. The van der Waals surface area contributed by atoms with Gasteiger partial charge < -0.3 is 14.4 Å². The van der Waals surface area contributed by atoms with Crippen LogP contribution in [0.25, 0.3) is 0 Å². The van der Waals surface area contributed by atoms with Gasteiger partial charge in [0.2, 0.25) is 11.8 Å². The number of benzene rings is 1. The van der Waals surface area contributed by atoms with Crippen molar-refractivity contribution in [3.8, 4) is 0 Å². The summed E-state index contributed by atoms with van der Waals surface area (Å²) in [5.41, 5.74) is -1.24. The van der Waals surface area contributed by atoms with Crippen molar-refractivity contribution in [2.75, 3.05) is 20.6 Å². The molecule has 1 aromatic carbocycles. The van der Waals surface area contributed by atoms with Gasteiger partial charge in [0.05, 0.1) is 6.54 Å². The smallest absolute Gasteiger partial charge is 0.436 e. The molecule has 9 nitrogen and oxygen atoms in total. The van der Waals surface area contributed by atoms with Crippen molar-refractivity contribution in [2.45, 2.75) is 59.2 Å². The van der Waals surface area contributed by atoms with Crippen LogP contribution >= 0.6 is 0 Å². The van der Waals surface area contributed by atoms with Gasteiger partial charge in [0.15, 0.2) is 0 Å². The fourth-order valence-electron chi connectivity index (χ4n) is 2.57. The molecule has 0 N–H and O–H groups in total. The van der Waals surface area contributed by atoms with Gasteiger partial charge in [-0.15, -0.1) is 5.01 Å². The van der Waals surface area contributed by atoms with Crippen molar-refractivity contribution >= 4 is 24.0 Å². The summed E-state index contributed by atoms with van der Waals surface area (Å²) in [5, 5.41) is 1.38. The number of nitrogens with zero attached hydrogens (tertiary/aromatic N) is 3. The molecule has 0 fully saturated rings. The van der Waals surface area contributed by atoms with Gasteiger partial charge >= 0.3 is 12.2 Å². The first kappa shape index (κ1) is 25.9. The molecule has 172 valence electrons. The number of imide groups is 1. The van der Waals surface area contributed by atoms with E-state index in [0.717, 1.165) is 17.5 Å². The number of carbonyl (C=O) groups excluding carboxylic acids is 4. The highest BCUT2D eigenvalue weighted by atomic mass is 16.6. The molecule has 9 heteroatoms. The Morgan fingerprint density at radius 1 is 0.871 bits per heavy atom. The maximum atomic E-state index is 13.1. The van der Waals surface area contributed by atoms with Crippen molar-refractivity contribution in [3.05, 3.63) is 35.9 Å². The summed E-state index contributed by atoms with van der Waals surface area (Å²) in [5.74, 6) is -1.03. The number of ether oxygens (including phenoxy) is 2. The maximum absolute atomic E-state index is 13.1. The number of rotatable bonds is 5. The molecular formula is C22H33N3O6. The minimum atomic E-state index is -1.06. The molecule has 0 bridgehead atoms. The molecule has 0 atom stereocenters. The van der Waals surface area contributed by atoms with E-state index in [1.54, 1.807) is 73.0 Å². The summed E-state index contributed by atoms with van der Waals surface area (Å²) in [6.07, 6.45) is -2.12. The summed E-state index contributed by atoms with van der Waals surface area (Å²) >= 11 is 0. The van der Waals surface area contributed by atoms with Crippen molar-refractivity contribution in [1.29, 1.82) is 0 Å². The second kappa shape index (κ2) is 10.3. The molecule has 4 amide bonds. The van der Waals surface area contributed by atoms with Gasteiger partial charge in [0.1, 0.15) is 11.2 Å². The molecule has 0 aromatic heterocycles. The van der Waals surface area contributed by atoms with Crippen LogP contribution in [0.15, 0.2) is 30.3 Å². The molecular weight excluding hydrogens is 402 g/mol. The van der Waals surface area contributed by atoms with Crippen LogP contribution in [0.4, 0.5) is 9.59 Å². The number of hydrogen-bond donors (Lipinski definition) is 0. The van der Waals surface area contributed by atoms with E-state index in [-0.39, 0.29) is 18.9 Å². The van der Waals surface area contributed by atoms with E-state index >= 15 is 0 Å². The summed E-state index contributed by atoms with van der Waals surface area (Å²) < 4.78 is 10.9. The average Bonchev–Trinajstić information content (AvgIpc) is 2.62. The van der Waals surface area contributed by atoms with Crippen LogP contribution in [0, 0.1) is 0 Å². The van der Waals surface area contributed by atoms with Gasteiger partial charge in [-0.05, 0) is 40.2 Å². The maximum Gasteiger partial charge on any atom is 0.436 e. The first-order valence-electron chi connectivity index (χ1n) is 9.95. The van der Waals surface area contributed by atoms with E-state index in [0.29, 0.717) is 5.01 Å². The molecule has 1 rings (SSSR count). The normalized spacial score (nSPS) is 11.4. The molecule has 0 aliphatic carbocycles. The topological polar surface area (TPSA) is 96.5 Å². The predicted octanol–water partition coefficient (Wildman–Crippen LogP) is 3.54. The molecule has 0 aliphatic heterocycles. The van der Waals surface area contributed by atoms with Crippen LogP contribution in [-0.2, 0) is 24.7 Å². The summed E-state index contributed by atoms with van der Waals surface area (Å²) in [6.45, 7) is 9.17. The predicted molar refractivity (Wildman–Crippen MR) is 115 cm³/mol. The van der Waals surface area contributed by atoms with Crippen molar-refractivity contribution in [2.24, 2.45) is 0 Å². The molecule has 0 unspecified atom stereocenters. The van der Waals surface area contributed by atoms with E-state index in [9.17, 15) is 19.2 Å². The van der Waals surface area contributed by atoms with E-state index in [2.05, 4.69) is 0 Å². The molecule has 0 saturated heterocycles. The number of hydrogen-bond acceptors (Lipinski definition) is 6. The molecule has 0 aliphatic rings. The zero-order chi connectivity index (χ0) is 24.0. The standard InChI is InChI=1S/C22H33N3O6/c1-16(26)25(20(29)30-21(2,3)4)24(15-14-18(27)23(7)8)19(28)31-22(5,6)17-12-10-9-11-13-17/h9-13H,14-15H2,1-8H3. The molecule has 0 spiro atoms. The largest absolute Gasteiger partial charge is 0.442 e. The first-order valence-corrected chi connectivity index (χ1v) is 9.95. The zero-order valence-electron chi connectivity index (χ0n) is 19.6. The van der Waals surface area contributed by atoms with Crippen LogP contribution in [0.5, 0.6) is 0 Å². The lowest BCUT2D eigenvalue weighted by atomic mass is 9.98. The Bertz CT molecular complexity index is 799. The third kappa shape index (κ3) is 7.92. The molecule has 0 saturated carbocycles. The number of amides is 4.